The minimum absolute atomic E-state index is 0.0509. The summed E-state index contributed by atoms with van der Waals surface area (Å²) in [7, 11) is 0. The highest BCUT2D eigenvalue weighted by atomic mass is 127. The summed E-state index contributed by atoms with van der Waals surface area (Å²) in [6.07, 6.45) is 11.4. The molecule has 0 fully saturated rings. The van der Waals surface area contributed by atoms with E-state index in [1.165, 1.54) is 0 Å². The molecule has 3 aromatic heterocycles. The van der Waals surface area contributed by atoms with Gasteiger partial charge in [0, 0.05) is 27.9 Å². The number of pyridine rings is 1. The molecule has 0 aliphatic carbocycles. The molecule has 21 heavy (non-hydrogen) atoms. The van der Waals surface area contributed by atoms with Crippen LogP contribution >= 0.6 is 20.7 Å². The molecule has 4 rings (SSSR count). The van der Waals surface area contributed by atoms with E-state index < -0.39 is 0 Å². The zero-order valence-electron chi connectivity index (χ0n) is 10.9. The summed E-state index contributed by atoms with van der Waals surface area (Å²) >= 11 is 0.0509. The molecule has 1 N–H and O–H groups in total. The van der Waals surface area contributed by atoms with E-state index in [2.05, 4.69) is 31.1 Å². The van der Waals surface area contributed by atoms with Gasteiger partial charge in [-0.3, -0.25) is 0 Å². The number of nitrogens with one attached hydrogen (secondary N) is 1. The Hall–Kier alpha value is -2.16. The SMILES string of the molecule is C1=CC(n2cc(-c3ccnc4nc[nH]c34)cn2)=NC=IC1. The molecule has 0 saturated heterocycles. The van der Waals surface area contributed by atoms with Gasteiger partial charge < -0.3 is 4.98 Å². The molecule has 4 heterocycles. The second-order valence-electron chi connectivity index (χ2n) is 4.43. The quantitative estimate of drug-likeness (QED) is 0.512. The van der Waals surface area contributed by atoms with E-state index in [-0.39, 0.29) is 20.7 Å². The second kappa shape index (κ2) is 5.32. The van der Waals surface area contributed by atoms with Gasteiger partial charge in [0.1, 0.15) is 0 Å². The number of allylic oxidation sites excluding steroid dienone is 2. The number of hydrogen-bond donors (Lipinski definition) is 1. The van der Waals surface area contributed by atoms with E-state index in [0.717, 1.165) is 26.9 Å². The van der Waals surface area contributed by atoms with E-state index in [1.807, 2.05) is 28.7 Å². The molecule has 1 aliphatic heterocycles. The predicted octanol–water partition coefficient (Wildman–Crippen LogP) is 2.37. The second-order valence-corrected chi connectivity index (χ2v) is 6.75. The minimum Gasteiger partial charge on any atom is -0.343 e. The topological polar surface area (TPSA) is 71.8 Å². The molecule has 0 spiro atoms. The van der Waals surface area contributed by atoms with Crippen molar-refractivity contribution < 1.29 is 0 Å². The molecule has 1 aliphatic rings. The Morgan fingerprint density at radius 1 is 1.29 bits per heavy atom. The van der Waals surface area contributed by atoms with E-state index in [1.54, 1.807) is 17.2 Å². The Bertz CT molecular complexity index is 886. The summed E-state index contributed by atoms with van der Waals surface area (Å²) < 4.78 is 4.97. The van der Waals surface area contributed by atoms with Crippen LogP contribution in [0.15, 0.2) is 48.1 Å². The van der Waals surface area contributed by atoms with Crippen molar-refractivity contribution in [1.29, 1.82) is 0 Å². The van der Waals surface area contributed by atoms with Crippen molar-refractivity contribution in [2.75, 3.05) is 4.43 Å². The number of rotatable bonds is 1. The monoisotopic (exact) mass is 390 g/mol. The van der Waals surface area contributed by atoms with E-state index in [9.17, 15) is 0 Å². The Morgan fingerprint density at radius 3 is 3.29 bits per heavy atom. The Morgan fingerprint density at radius 2 is 2.29 bits per heavy atom. The fourth-order valence-corrected chi connectivity index (χ4v) is 3.44. The van der Waals surface area contributed by atoms with E-state index in [0.29, 0.717) is 5.65 Å². The van der Waals surface area contributed by atoms with Crippen LogP contribution in [0.5, 0.6) is 0 Å². The molecule has 6 nitrogen and oxygen atoms in total. The zero-order chi connectivity index (χ0) is 14.1. The molecule has 3 aromatic rings. The fraction of sp³-hybridized carbons (Fsp3) is 0.0714. The van der Waals surface area contributed by atoms with Crippen LogP contribution in [0, 0.1) is 0 Å². The van der Waals surface area contributed by atoms with Crippen LogP contribution in [0.2, 0.25) is 0 Å². The number of hydrogen-bond acceptors (Lipinski definition) is 4. The Kier molecular flexibility index (Phi) is 3.18. The van der Waals surface area contributed by atoms with Crippen molar-refractivity contribution in [1.82, 2.24) is 24.7 Å². The maximum atomic E-state index is 4.47. The van der Waals surface area contributed by atoms with Crippen molar-refractivity contribution in [3.8, 4) is 11.1 Å². The molecule has 104 valence electrons. The summed E-state index contributed by atoms with van der Waals surface area (Å²) in [5.41, 5.74) is 3.69. The molecule has 0 amide bonds. The number of fused-ring (bicyclic) bond motifs is 1. The van der Waals surface area contributed by atoms with Gasteiger partial charge in [-0.25, -0.2) is 19.6 Å². The lowest BCUT2D eigenvalue weighted by atomic mass is 10.1. The molecule has 0 bridgehead atoms. The highest BCUT2D eigenvalue weighted by Crippen LogP contribution is 2.24. The van der Waals surface area contributed by atoms with Gasteiger partial charge in [0.2, 0.25) is 0 Å². The van der Waals surface area contributed by atoms with Crippen LogP contribution in [-0.4, -0.2) is 39.1 Å². The lowest BCUT2D eigenvalue weighted by molar-refractivity contribution is 0.940. The van der Waals surface area contributed by atoms with Gasteiger partial charge in [0.05, 0.1) is 22.2 Å². The number of H-pyrrole nitrogens is 1. The molecule has 7 heteroatoms. The standard InChI is InChI=1S/C14H11IN6/c1-2-12(17-8-15-4-1)21-7-10(6-20-21)11-3-5-16-14-13(11)18-9-19-14/h1-3,5-9H,4H2,(H,16,18,19). The lowest BCUT2D eigenvalue weighted by Crippen LogP contribution is -2.09. The highest BCUT2D eigenvalue weighted by molar-refractivity contribution is 14.2. The van der Waals surface area contributed by atoms with Crippen LogP contribution < -0.4 is 0 Å². The zero-order valence-corrected chi connectivity index (χ0v) is 13.1. The number of halogens is 1. The van der Waals surface area contributed by atoms with Gasteiger partial charge in [-0.05, 0) is 12.1 Å². The Balaban J connectivity index is 1.79. The van der Waals surface area contributed by atoms with Crippen LogP contribution in [0.4, 0.5) is 0 Å². The van der Waals surface area contributed by atoms with Gasteiger partial charge in [-0.2, -0.15) is 5.10 Å². The maximum Gasteiger partial charge on any atom is 0.178 e. The normalized spacial score (nSPS) is 14.8. The van der Waals surface area contributed by atoms with Crippen LogP contribution in [0.3, 0.4) is 0 Å². The average molecular weight is 390 g/mol. The van der Waals surface area contributed by atoms with Gasteiger partial charge in [-0.15, -0.1) is 0 Å². The van der Waals surface area contributed by atoms with Crippen LogP contribution in [-0.2, 0) is 0 Å². The third-order valence-electron chi connectivity index (χ3n) is 3.15. The van der Waals surface area contributed by atoms with Crippen molar-refractivity contribution in [2.45, 2.75) is 0 Å². The number of aromatic nitrogens is 5. The third-order valence-corrected chi connectivity index (χ3v) is 4.84. The van der Waals surface area contributed by atoms with Gasteiger partial charge in [0.25, 0.3) is 0 Å². The third kappa shape index (κ3) is 2.33. The molecule has 0 radical (unpaired) electrons. The Labute approximate surface area is 130 Å². The van der Waals surface area contributed by atoms with Crippen LogP contribution in [0.25, 0.3) is 22.3 Å². The first kappa shape index (κ1) is 12.6. The molecular weight excluding hydrogens is 379 g/mol. The molecule has 0 unspecified atom stereocenters. The van der Waals surface area contributed by atoms with Gasteiger partial charge >= 0.3 is 0 Å². The summed E-state index contributed by atoms with van der Waals surface area (Å²) in [6.45, 7) is 0. The number of aromatic amines is 1. The minimum atomic E-state index is 0.0509. The number of aliphatic imine (C=N–C) groups is 1. The summed E-state index contributed by atoms with van der Waals surface area (Å²) in [4.78, 5) is 16.0. The van der Waals surface area contributed by atoms with Crippen molar-refractivity contribution in [3.63, 3.8) is 0 Å². The summed E-state index contributed by atoms with van der Waals surface area (Å²) in [5.74, 6) is 0.855. The molecular formula is C14H11IN6. The molecule has 0 atom stereocenters. The number of nitrogens with zero attached hydrogens (tertiary/aromatic N) is 5. The number of imidazole rings is 1. The van der Waals surface area contributed by atoms with Crippen molar-refractivity contribution in [2.24, 2.45) is 4.99 Å². The lowest BCUT2D eigenvalue weighted by Gasteiger charge is -1.99. The van der Waals surface area contributed by atoms with Crippen LogP contribution in [0.1, 0.15) is 0 Å². The van der Waals surface area contributed by atoms with Gasteiger partial charge in [-0.1, -0.05) is 26.8 Å². The largest absolute Gasteiger partial charge is 0.343 e. The number of alkyl halides is 1. The smallest absolute Gasteiger partial charge is 0.178 e. The van der Waals surface area contributed by atoms with Crippen molar-refractivity contribution >= 4 is 41.9 Å². The van der Waals surface area contributed by atoms with Gasteiger partial charge in [0.15, 0.2) is 11.5 Å². The van der Waals surface area contributed by atoms with Crippen molar-refractivity contribution in [3.05, 3.63) is 43.1 Å². The van der Waals surface area contributed by atoms with E-state index in [4.69, 9.17) is 0 Å². The summed E-state index contributed by atoms with van der Waals surface area (Å²) in [5, 5.41) is 4.42. The maximum absolute atomic E-state index is 4.47. The fourth-order valence-electron chi connectivity index (χ4n) is 2.18. The first-order valence-electron chi connectivity index (χ1n) is 6.39. The highest BCUT2D eigenvalue weighted by Gasteiger charge is 2.10. The molecule has 0 saturated carbocycles. The van der Waals surface area contributed by atoms with E-state index >= 15 is 0 Å². The predicted molar refractivity (Wildman–Crippen MR) is 92.0 cm³/mol. The average Bonchev–Trinajstić information content (AvgIpc) is 3.10. The first-order chi connectivity index (χ1) is 10.4. The first-order valence-corrected chi connectivity index (χ1v) is 9.16. The summed E-state index contributed by atoms with van der Waals surface area (Å²) in [6, 6.07) is 1.96. The molecule has 0 aromatic carbocycles.